The predicted molar refractivity (Wildman–Crippen MR) is 96.0 cm³/mol. The minimum atomic E-state index is -0.636. The number of piperidine rings is 1. The fraction of sp³-hybridized carbons (Fsp3) is 0.526. The molecule has 2 heterocycles. The lowest BCUT2D eigenvalue weighted by molar-refractivity contribution is -0.0286. The molecule has 6 nitrogen and oxygen atoms in total. The first-order chi connectivity index (χ1) is 12.5. The Morgan fingerprint density at radius 3 is 2.85 bits per heavy atom. The summed E-state index contributed by atoms with van der Waals surface area (Å²) < 4.78 is 24.4. The van der Waals surface area contributed by atoms with Gasteiger partial charge < -0.3 is 19.6 Å². The van der Waals surface area contributed by atoms with E-state index in [1.54, 1.807) is 0 Å². The van der Waals surface area contributed by atoms with Gasteiger partial charge in [0.1, 0.15) is 23.8 Å². The molecule has 0 saturated carbocycles. The van der Waals surface area contributed by atoms with Crippen molar-refractivity contribution in [3.05, 3.63) is 41.2 Å². The normalized spacial score (nSPS) is 21.0. The van der Waals surface area contributed by atoms with Crippen molar-refractivity contribution in [2.24, 2.45) is 0 Å². The number of H-pyrrole nitrogens is 1. The van der Waals surface area contributed by atoms with Gasteiger partial charge in [-0.1, -0.05) is 6.92 Å². The number of aliphatic hydroxyl groups is 1. The number of hydrogen-bond donors (Lipinski definition) is 2. The lowest BCUT2D eigenvalue weighted by atomic mass is 10.0. The van der Waals surface area contributed by atoms with E-state index in [4.69, 9.17) is 9.47 Å². The summed E-state index contributed by atoms with van der Waals surface area (Å²) in [6.45, 7) is 6.08. The van der Waals surface area contributed by atoms with Crippen molar-refractivity contribution in [2.75, 3.05) is 20.2 Å². The summed E-state index contributed by atoms with van der Waals surface area (Å²) in [6.07, 6.45) is 0.561. The number of rotatable bonds is 6. The summed E-state index contributed by atoms with van der Waals surface area (Å²) in [5, 5.41) is 10.5. The van der Waals surface area contributed by atoms with E-state index in [0.29, 0.717) is 31.0 Å². The second kappa shape index (κ2) is 8.05. The topological polar surface area (TPSA) is 70.6 Å². The molecule has 26 heavy (non-hydrogen) atoms. The van der Waals surface area contributed by atoms with Gasteiger partial charge in [0.15, 0.2) is 11.5 Å². The maximum absolute atomic E-state index is 13.3. The van der Waals surface area contributed by atoms with Gasteiger partial charge in [-0.15, -0.1) is 0 Å². The number of aromatic amines is 1. The van der Waals surface area contributed by atoms with E-state index in [1.165, 1.54) is 25.3 Å². The highest BCUT2D eigenvalue weighted by Crippen LogP contribution is 2.30. The van der Waals surface area contributed by atoms with Crippen molar-refractivity contribution in [3.8, 4) is 11.5 Å². The van der Waals surface area contributed by atoms with E-state index >= 15 is 0 Å². The zero-order valence-corrected chi connectivity index (χ0v) is 15.5. The number of likely N-dealkylation sites (tertiary alicyclic amines) is 1. The summed E-state index contributed by atoms with van der Waals surface area (Å²) in [5.41, 5.74) is 2.10. The number of imidazole rings is 1. The maximum atomic E-state index is 13.3. The van der Waals surface area contributed by atoms with Crippen LogP contribution in [0, 0.1) is 12.7 Å². The van der Waals surface area contributed by atoms with Gasteiger partial charge >= 0.3 is 0 Å². The minimum absolute atomic E-state index is 0.332. The number of ether oxygens (including phenoxy) is 2. The first-order valence-electron chi connectivity index (χ1n) is 8.95. The van der Waals surface area contributed by atoms with Gasteiger partial charge in [-0.25, -0.2) is 9.37 Å². The first-order valence-corrected chi connectivity index (χ1v) is 8.95. The molecule has 0 spiro atoms. The summed E-state index contributed by atoms with van der Waals surface area (Å²) in [7, 11) is 1.47. The third-order valence-electron chi connectivity index (χ3n) is 4.75. The molecule has 2 N–H and O–H groups in total. The maximum Gasteiger partial charge on any atom is 0.163 e. The molecule has 0 bridgehead atoms. The van der Waals surface area contributed by atoms with Gasteiger partial charge in [0.2, 0.25) is 0 Å². The van der Waals surface area contributed by atoms with E-state index in [1.807, 2.05) is 6.92 Å². The van der Waals surface area contributed by atoms with Gasteiger partial charge in [-0.2, -0.15) is 0 Å². The molecule has 0 aliphatic carbocycles. The Morgan fingerprint density at radius 2 is 2.19 bits per heavy atom. The van der Waals surface area contributed by atoms with E-state index in [-0.39, 0.29) is 11.9 Å². The molecule has 142 valence electrons. The molecule has 1 aliphatic heterocycles. The highest BCUT2D eigenvalue weighted by Gasteiger charge is 2.30. The Hall–Kier alpha value is -2.12. The van der Waals surface area contributed by atoms with Crippen LogP contribution >= 0.6 is 0 Å². The van der Waals surface area contributed by atoms with Crippen LogP contribution in [-0.4, -0.2) is 52.4 Å². The zero-order valence-electron chi connectivity index (χ0n) is 15.5. The van der Waals surface area contributed by atoms with Crippen LogP contribution in [0.5, 0.6) is 11.5 Å². The van der Waals surface area contributed by atoms with Gasteiger partial charge in [0.25, 0.3) is 0 Å². The highest BCUT2D eigenvalue weighted by molar-refractivity contribution is 5.40. The summed E-state index contributed by atoms with van der Waals surface area (Å²) in [6, 6.07) is 4.14. The number of methoxy groups -OCH3 is 1. The Bertz CT molecular complexity index is 750. The van der Waals surface area contributed by atoms with Gasteiger partial charge in [0, 0.05) is 37.8 Å². The van der Waals surface area contributed by atoms with Gasteiger partial charge in [-0.3, -0.25) is 4.90 Å². The minimum Gasteiger partial charge on any atom is -0.493 e. The average molecular weight is 363 g/mol. The number of halogens is 1. The van der Waals surface area contributed by atoms with Crippen molar-refractivity contribution >= 4 is 0 Å². The number of aryl methyl sites for hydroxylation is 2. The number of aliphatic hydroxyl groups excluding tert-OH is 1. The Labute approximate surface area is 153 Å². The molecule has 1 aromatic heterocycles. The molecule has 1 aliphatic rings. The molecule has 1 fully saturated rings. The molecule has 2 aromatic rings. The van der Waals surface area contributed by atoms with Crippen LogP contribution in [0.1, 0.15) is 30.6 Å². The van der Waals surface area contributed by atoms with Crippen molar-refractivity contribution in [1.82, 2.24) is 14.9 Å². The van der Waals surface area contributed by atoms with Crippen LogP contribution < -0.4 is 9.47 Å². The standard InChI is InChI=1S/C19H26FN3O3/c1-4-19-21-12(2)14(22-19)10-23-8-7-16(15(24)11-23)26-17-6-5-13(20)9-18(17)25-3/h5-6,9,15-16,24H,4,7-8,10-11H2,1-3H3,(H,21,22)/t15-,16-/m1/s1. The highest BCUT2D eigenvalue weighted by atomic mass is 19.1. The molecule has 0 unspecified atom stereocenters. The third kappa shape index (κ3) is 4.16. The first kappa shape index (κ1) is 18.7. The van der Waals surface area contributed by atoms with E-state index in [0.717, 1.165) is 30.2 Å². The van der Waals surface area contributed by atoms with Crippen molar-refractivity contribution in [2.45, 2.75) is 45.4 Å². The van der Waals surface area contributed by atoms with Crippen LogP contribution in [0.3, 0.4) is 0 Å². The fourth-order valence-electron chi connectivity index (χ4n) is 3.26. The lowest BCUT2D eigenvalue weighted by Crippen LogP contribution is -2.48. The number of β-amino-alcohol motifs (C(OH)–C–C–N with tert-alkyl or cyclic N) is 1. The van der Waals surface area contributed by atoms with E-state index < -0.39 is 6.10 Å². The zero-order chi connectivity index (χ0) is 18.7. The van der Waals surface area contributed by atoms with E-state index in [2.05, 4.69) is 21.8 Å². The van der Waals surface area contributed by atoms with Crippen LogP contribution in [0.4, 0.5) is 4.39 Å². The SMILES string of the molecule is CCc1nc(CN2CC[C@@H](Oc3ccc(F)cc3OC)[C@H](O)C2)c(C)[nH]1. The smallest absolute Gasteiger partial charge is 0.163 e. The number of benzene rings is 1. The summed E-state index contributed by atoms with van der Waals surface area (Å²) >= 11 is 0. The monoisotopic (exact) mass is 363 g/mol. The van der Waals surface area contributed by atoms with E-state index in [9.17, 15) is 9.50 Å². The van der Waals surface area contributed by atoms with Crippen molar-refractivity contribution < 1.29 is 19.0 Å². The number of nitrogens with zero attached hydrogens (tertiary/aromatic N) is 2. The van der Waals surface area contributed by atoms with Crippen LogP contribution in [0.25, 0.3) is 0 Å². The molecular formula is C19H26FN3O3. The quantitative estimate of drug-likeness (QED) is 0.825. The van der Waals surface area contributed by atoms with Crippen LogP contribution in [0.15, 0.2) is 18.2 Å². The number of nitrogens with one attached hydrogen (secondary N) is 1. The molecule has 1 saturated heterocycles. The lowest BCUT2D eigenvalue weighted by Gasteiger charge is -2.35. The number of hydrogen-bond acceptors (Lipinski definition) is 5. The molecule has 1 aromatic carbocycles. The molecule has 3 rings (SSSR count). The number of aromatic nitrogens is 2. The molecule has 2 atom stereocenters. The predicted octanol–water partition coefficient (Wildman–Crippen LogP) is 2.44. The van der Waals surface area contributed by atoms with Crippen LogP contribution in [-0.2, 0) is 13.0 Å². The molecule has 7 heteroatoms. The molecular weight excluding hydrogens is 337 g/mol. The summed E-state index contributed by atoms with van der Waals surface area (Å²) in [4.78, 5) is 10.1. The Morgan fingerprint density at radius 1 is 1.38 bits per heavy atom. The van der Waals surface area contributed by atoms with Crippen molar-refractivity contribution in [3.63, 3.8) is 0 Å². The second-order valence-electron chi connectivity index (χ2n) is 6.65. The second-order valence-corrected chi connectivity index (χ2v) is 6.65. The molecule has 0 amide bonds. The largest absolute Gasteiger partial charge is 0.493 e. The Kier molecular flexibility index (Phi) is 5.78. The van der Waals surface area contributed by atoms with Crippen LogP contribution in [0.2, 0.25) is 0 Å². The third-order valence-corrected chi connectivity index (χ3v) is 4.75. The van der Waals surface area contributed by atoms with Crippen molar-refractivity contribution in [1.29, 1.82) is 0 Å². The Balaban J connectivity index is 1.61. The van der Waals surface area contributed by atoms with Gasteiger partial charge in [-0.05, 0) is 25.5 Å². The van der Waals surface area contributed by atoms with Gasteiger partial charge in [0.05, 0.1) is 12.8 Å². The summed E-state index contributed by atoms with van der Waals surface area (Å²) in [5.74, 6) is 1.38. The average Bonchev–Trinajstić information content (AvgIpc) is 2.98. The fourth-order valence-corrected chi connectivity index (χ4v) is 3.26. The molecule has 0 radical (unpaired) electrons.